The molecule has 0 aliphatic heterocycles. The van der Waals surface area contributed by atoms with Crippen molar-refractivity contribution in [3.05, 3.63) is 16.1 Å². The van der Waals surface area contributed by atoms with Crippen molar-refractivity contribution >= 4 is 53.0 Å². The van der Waals surface area contributed by atoms with Crippen LogP contribution in [0.2, 0.25) is 0 Å². The van der Waals surface area contributed by atoms with Crippen LogP contribution in [-0.2, 0) is 13.0 Å². The number of thiazole rings is 1. The topological polar surface area (TPSA) is 49.3 Å². The third-order valence-electron chi connectivity index (χ3n) is 3.95. The van der Waals surface area contributed by atoms with Gasteiger partial charge in [-0.05, 0) is 31.4 Å². The summed E-state index contributed by atoms with van der Waals surface area (Å²) in [6, 6.07) is 0.548. The molecule has 1 aliphatic carbocycles. The van der Waals surface area contributed by atoms with Crippen LogP contribution in [0.4, 0.5) is 0 Å². The fourth-order valence-corrected chi connectivity index (χ4v) is 4.78. The van der Waals surface area contributed by atoms with E-state index in [4.69, 9.17) is 0 Å². The number of aliphatic imine (C=N–C) groups is 1. The molecule has 2 rings (SSSR count). The molecule has 0 amide bonds. The van der Waals surface area contributed by atoms with Crippen molar-refractivity contribution in [3.8, 4) is 0 Å². The van der Waals surface area contributed by atoms with E-state index in [9.17, 15) is 0 Å². The third kappa shape index (κ3) is 7.17. The molecule has 132 valence electrons. The van der Waals surface area contributed by atoms with Crippen molar-refractivity contribution < 1.29 is 0 Å². The van der Waals surface area contributed by atoms with Crippen molar-refractivity contribution in [2.75, 3.05) is 12.8 Å². The Morgan fingerprint density at radius 1 is 1.43 bits per heavy atom. The van der Waals surface area contributed by atoms with Gasteiger partial charge in [0.2, 0.25) is 0 Å². The molecule has 2 unspecified atom stereocenters. The van der Waals surface area contributed by atoms with Gasteiger partial charge in [0.25, 0.3) is 0 Å². The van der Waals surface area contributed by atoms with Gasteiger partial charge in [-0.3, -0.25) is 4.99 Å². The first-order valence-electron chi connectivity index (χ1n) is 8.27. The molecular weight excluding hydrogens is 439 g/mol. The van der Waals surface area contributed by atoms with Gasteiger partial charge in [-0.15, -0.1) is 35.3 Å². The number of guanidine groups is 1. The zero-order valence-electron chi connectivity index (χ0n) is 14.3. The summed E-state index contributed by atoms with van der Waals surface area (Å²) < 4.78 is 0. The Labute approximate surface area is 165 Å². The van der Waals surface area contributed by atoms with Gasteiger partial charge in [0.05, 0.1) is 6.54 Å². The first kappa shape index (κ1) is 21.0. The van der Waals surface area contributed by atoms with Crippen LogP contribution < -0.4 is 10.6 Å². The van der Waals surface area contributed by atoms with Gasteiger partial charge in [-0.25, -0.2) is 4.98 Å². The average molecular weight is 468 g/mol. The Balaban J connectivity index is 0.00000264. The summed E-state index contributed by atoms with van der Waals surface area (Å²) in [5, 5.41) is 8.92. The van der Waals surface area contributed by atoms with Crippen molar-refractivity contribution in [1.82, 2.24) is 15.6 Å². The molecule has 1 aliphatic rings. The molecule has 1 fully saturated rings. The molecule has 0 radical (unpaired) electrons. The normalized spacial score (nSPS) is 21.6. The molecule has 0 saturated heterocycles. The number of aryl methyl sites for hydroxylation is 1. The fourth-order valence-electron chi connectivity index (χ4n) is 2.80. The maximum absolute atomic E-state index is 4.45. The standard InChI is InChI=1S/C16H28N4S2.HI/c1-4-13-10-18-15(22-13)11-19-16(17-3)20-12-7-6-8-14(9-12)21-5-2;/h10,12,14H,4-9,11H2,1-3H3,(H2,17,19,20);1H. The summed E-state index contributed by atoms with van der Waals surface area (Å²) in [5.41, 5.74) is 0. The summed E-state index contributed by atoms with van der Waals surface area (Å²) in [4.78, 5) is 10.1. The van der Waals surface area contributed by atoms with Crippen molar-refractivity contribution in [3.63, 3.8) is 0 Å². The van der Waals surface area contributed by atoms with Gasteiger partial charge >= 0.3 is 0 Å². The smallest absolute Gasteiger partial charge is 0.191 e. The number of nitrogens with one attached hydrogen (secondary N) is 2. The summed E-state index contributed by atoms with van der Waals surface area (Å²) in [7, 11) is 1.84. The number of aromatic nitrogens is 1. The Morgan fingerprint density at radius 3 is 2.91 bits per heavy atom. The van der Waals surface area contributed by atoms with Crippen LogP contribution >= 0.6 is 47.1 Å². The molecule has 1 saturated carbocycles. The molecule has 1 heterocycles. The molecule has 0 bridgehead atoms. The van der Waals surface area contributed by atoms with Crippen LogP contribution in [0.15, 0.2) is 11.2 Å². The first-order chi connectivity index (χ1) is 10.7. The van der Waals surface area contributed by atoms with E-state index in [1.165, 1.54) is 36.3 Å². The van der Waals surface area contributed by atoms with Crippen molar-refractivity contribution in [2.45, 2.75) is 63.8 Å². The number of nitrogens with zero attached hydrogens (tertiary/aromatic N) is 2. The van der Waals surface area contributed by atoms with Crippen LogP contribution in [0, 0.1) is 0 Å². The molecule has 0 spiro atoms. The maximum Gasteiger partial charge on any atom is 0.191 e. The second-order valence-electron chi connectivity index (χ2n) is 5.58. The van der Waals surface area contributed by atoms with E-state index >= 15 is 0 Å². The molecule has 1 aromatic rings. The molecule has 0 aromatic carbocycles. The molecule has 7 heteroatoms. The minimum atomic E-state index is 0. The van der Waals surface area contributed by atoms with E-state index in [1.807, 2.05) is 13.2 Å². The lowest BCUT2D eigenvalue weighted by atomic mass is 9.95. The Hall–Kier alpha value is -0.0200. The monoisotopic (exact) mass is 468 g/mol. The summed E-state index contributed by atoms with van der Waals surface area (Å²) in [6.45, 7) is 5.17. The predicted molar refractivity (Wildman–Crippen MR) is 114 cm³/mol. The highest BCUT2D eigenvalue weighted by atomic mass is 127. The molecule has 2 atom stereocenters. The minimum absolute atomic E-state index is 0. The minimum Gasteiger partial charge on any atom is -0.354 e. The van der Waals surface area contributed by atoms with Crippen LogP contribution in [-0.4, -0.2) is 35.0 Å². The Morgan fingerprint density at radius 2 is 2.26 bits per heavy atom. The lowest BCUT2D eigenvalue weighted by Gasteiger charge is -2.30. The van der Waals surface area contributed by atoms with Crippen LogP contribution in [0.3, 0.4) is 0 Å². The number of hydrogen-bond acceptors (Lipinski definition) is 4. The highest BCUT2D eigenvalue weighted by molar-refractivity contribution is 14.0. The van der Waals surface area contributed by atoms with E-state index < -0.39 is 0 Å². The molecule has 1 aromatic heterocycles. The quantitative estimate of drug-likeness (QED) is 0.376. The Bertz CT molecular complexity index is 476. The van der Waals surface area contributed by atoms with Gasteiger partial charge in [0, 0.05) is 29.4 Å². The molecule has 23 heavy (non-hydrogen) atoms. The number of halogens is 1. The van der Waals surface area contributed by atoms with Gasteiger partial charge in [-0.1, -0.05) is 20.3 Å². The molecule has 4 nitrogen and oxygen atoms in total. The van der Waals surface area contributed by atoms with Gasteiger partial charge in [0.1, 0.15) is 5.01 Å². The highest BCUT2D eigenvalue weighted by Crippen LogP contribution is 2.28. The Kier molecular flexibility index (Phi) is 10.5. The molecule has 2 N–H and O–H groups in total. The third-order valence-corrected chi connectivity index (χ3v) is 6.32. The largest absolute Gasteiger partial charge is 0.354 e. The number of rotatable bonds is 6. The summed E-state index contributed by atoms with van der Waals surface area (Å²) in [6.07, 6.45) is 8.21. The van der Waals surface area contributed by atoms with Gasteiger partial charge < -0.3 is 10.6 Å². The molecular formula is C16H29IN4S2. The van der Waals surface area contributed by atoms with Crippen molar-refractivity contribution in [1.29, 1.82) is 0 Å². The van der Waals surface area contributed by atoms with E-state index in [2.05, 4.69) is 46.2 Å². The lowest BCUT2D eigenvalue weighted by molar-refractivity contribution is 0.419. The van der Waals surface area contributed by atoms with E-state index in [1.54, 1.807) is 11.3 Å². The van der Waals surface area contributed by atoms with Crippen LogP contribution in [0.25, 0.3) is 0 Å². The summed E-state index contributed by atoms with van der Waals surface area (Å²) in [5.74, 6) is 2.12. The summed E-state index contributed by atoms with van der Waals surface area (Å²) >= 11 is 3.88. The van der Waals surface area contributed by atoms with Crippen LogP contribution in [0.5, 0.6) is 0 Å². The zero-order valence-corrected chi connectivity index (χ0v) is 18.3. The lowest BCUT2D eigenvalue weighted by Crippen LogP contribution is -2.45. The zero-order chi connectivity index (χ0) is 15.8. The van der Waals surface area contributed by atoms with E-state index in [-0.39, 0.29) is 24.0 Å². The SMILES string of the molecule is CCSC1CCCC(NC(=NC)NCc2ncc(CC)s2)C1.I. The van der Waals surface area contributed by atoms with Crippen molar-refractivity contribution in [2.24, 2.45) is 4.99 Å². The fraction of sp³-hybridized carbons (Fsp3) is 0.750. The second-order valence-corrected chi connectivity index (χ2v) is 8.36. The average Bonchev–Trinajstić information content (AvgIpc) is 3.00. The second kappa shape index (κ2) is 11.5. The van der Waals surface area contributed by atoms with E-state index in [0.717, 1.165) is 29.2 Å². The predicted octanol–water partition coefficient (Wildman–Crippen LogP) is 4.05. The highest BCUT2D eigenvalue weighted by Gasteiger charge is 2.22. The maximum atomic E-state index is 4.45. The van der Waals surface area contributed by atoms with E-state index in [0.29, 0.717) is 6.04 Å². The number of thioether (sulfide) groups is 1. The first-order valence-corrected chi connectivity index (χ1v) is 10.1. The number of hydrogen-bond donors (Lipinski definition) is 2. The van der Waals surface area contributed by atoms with Gasteiger partial charge in [-0.2, -0.15) is 11.8 Å². The van der Waals surface area contributed by atoms with Gasteiger partial charge in [0.15, 0.2) is 5.96 Å². The van der Waals surface area contributed by atoms with Crippen LogP contribution in [0.1, 0.15) is 49.4 Å².